The molecular weight excluding hydrogens is 712 g/mol. The standard InChI is InChI=1S/C42H70O13/c1-21(2)37-26(7)32(53-41-39(51-13)36(46)35(45)29(10)52-41)20-42(48,55-37)28(9)34(44)27(8)38-30(49-11)16-14-15-22(3)17-24(5)33(43)25(6)18-23(4)19-31(50-12)40(47)54-38/h14-16,18-19,21,24-30,32-39,41,43-46,48H,17,20H2,1-13H3/b16-14+,22-15+,23-18+,31-19+. The third kappa shape index (κ3) is 11.5. The lowest BCUT2D eigenvalue weighted by molar-refractivity contribution is -0.362. The van der Waals surface area contributed by atoms with Crippen LogP contribution in [0, 0.1) is 35.5 Å². The second-order valence-corrected chi connectivity index (χ2v) is 16.6. The summed E-state index contributed by atoms with van der Waals surface area (Å²) in [5.41, 5.74) is 1.73. The number of carbonyl (C=O) groups is 1. The van der Waals surface area contributed by atoms with E-state index in [0.717, 1.165) is 5.57 Å². The molecule has 5 N–H and O–H groups in total. The SMILES string of the molecule is CO/C1=C/C(C)=C/C(C)C(O)C(C)C/C(C)=C/C=C/C(OC)C(C(C)C(O)C(C)C2(O)CC(OC3OC(C)C(O)C(O)C3OC)C(C)C(C(C)C)O2)OC1=O. The third-order valence-corrected chi connectivity index (χ3v) is 11.8. The minimum atomic E-state index is -1.92. The highest BCUT2D eigenvalue weighted by Crippen LogP contribution is 2.43. The molecule has 0 aliphatic carbocycles. The molecule has 3 aliphatic heterocycles. The van der Waals surface area contributed by atoms with Crippen LogP contribution in [0.1, 0.15) is 82.1 Å². The molecule has 0 aromatic carbocycles. The number of methoxy groups -OCH3 is 3. The Morgan fingerprint density at radius 2 is 1.58 bits per heavy atom. The molecule has 55 heavy (non-hydrogen) atoms. The van der Waals surface area contributed by atoms with E-state index in [1.165, 1.54) is 21.3 Å². The fraction of sp³-hybridized carbons (Fsp3) is 0.786. The first kappa shape index (κ1) is 47.2. The van der Waals surface area contributed by atoms with E-state index in [9.17, 15) is 30.3 Å². The van der Waals surface area contributed by atoms with Gasteiger partial charge in [-0.05, 0) is 45.1 Å². The lowest BCUT2D eigenvalue weighted by Gasteiger charge is -2.51. The molecule has 0 radical (unpaired) electrons. The van der Waals surface area contributed by atoms with Gasteiger partial charge in [0.15, 0.2) is 12.1 Å². The number of cyclic esters (lactones) is 1. The smallest absolute Gasteiger partial charge is 0.373 e. The van der Waals surface area contributed by atoms with Crippen molar-refractivity contribution >= 4 is 5.97 Å². The number of hydrogen-bond donors (Lipinski definition) is 5. The van der Waals surface area contributed by atoms with E-state index in [1.807, 2.05) is 66.7 Å². The lowest BCUT2D eigenvalue weighted by atomic mass is 9.76. The van der Waals surface area contributed by atoms with E-state index < -0.39 is 90.9 Å². The zero-order valence-corrected chi connectivity index (χ0v) is 35.1. The first-order valence-electron chi connectivity index (χ1n) is 19.7. The fourth-order valence-electron chi connectivity index (χ4n) is 8.23. The first-order valence-corrected chi connectivity index (χ1v) is 19.7. The van der Waals surface area contributed by atoms with E-state index in [4.69, 9.17) is 33.2 Å². The molecule has 0 aromatic heterocycles. The summed E-state index contributed by atoms with van der Waals surface area (Å²) in [7, 11) is 4.25. The van der Waals surface area contributed by atoms with Crippen LogP contribution in [0.25, 0.3) is 0 Å². The van der Waals surface area contributed by atoms with Crippen LogP contribution >= 0.6 is 0 Å². The van der Waals surface area contributed by atoms with Crippen molar-refractivity contribution in [1.82, 2.24) is 0 Å². The van der Waals surface area contributed by atoms with Gasteiger partial charge < -0.3 is 58.7 Å². The van der Waals surface area contributed by atoms with Crippen LogP contribution in [0.15, 0.2) is 47.3 Å². The fourth-order valence-corrected chi connectivity index (χ4v) is 8.23. The second kappa shape index (κ2) is 20.5. The average molecular weight is 783 g/mol. The molecule has 17 unspecified atom stereocenters. The van der Waals surface area contributed by atoms with Gasteiger partial charge in [0.05, 0.1) is 37.6 Å². The average Bonchev–Trinajstić information content (AvgIpc) is 3.13. The molecule has 0 bridgehead atoms. The minimum absolute atomic E-state index is 0.0363. The number of rotatable bonds is 10. The van der Waals surface area contributed by atoms with E-state index in [-0.39, 0.29) is 35.9 Å². The number of aliphatic hydroxyl groups excluding tert-OH is 4. The van der Waals surface area contributed by atoms with Crippen LogP contribution in [0.5, 0.6) is 0 Å². The van der Waals surface area contributed by atoms with Crippen molar-refractivity contribution < 1.29 is 63.5 Å². The van der Waals surface area contributed by atoms with E-state index >= 15 is 0 Å². The Morgan fingerprint density at radius 3 is 2.16 bits per heavy atom. The molecule has 0 saturated carbocycles. The lowest BCUT2D eigenvalue weighted by Crippen LogP contribution is -2.62. The van der Waals surface area contributed by atoms with Crippen LogP contribution in [0.3, 0.4) is 0 Å². The van der Waals surface area contributed by atoms with Gasteiger partial charge in [0.2, 0.25) is 5.76 Å². The minimum Gasteiger partial charge on any atom is -0.490 e. The summed E-state index contributed by atoms with van der Waals surface area (Å²) < 4.78 is 41.8. The molecule has 2 saturated heterocycles. The van der Waals surface area contributed by atoms with Gasteiger partial charge in [-0.25, -0.2) is 4.79 Å². The Labute approximate surface area is 328 Å². The van der Waals surface area contributed by atoms with Crippen molar-refractivity contribution in [1.29, 1.82) is 0 Å². The summed E-state index contributed by atoms with van der Waals surface area (Å²) in [5, 5.41) is 56.6. The maximum Gasteiger partial charge on any atom is 0.373 e. The third-order valence-electron chi connectivity index (χ3n) is 11.8. The molecule has 3 aliphatic rings. The number of carbonyl (C=O) groups excluding carboxylic acids is 1. The van der Waals surface area contributed by atoms with Crippen LogP contribution in [0.4, 0.5) is 0 Å². The summed E-state index contributed by atoms with van der Waals surface area (Å²) in [6.07, 6.45) is -0.670. The number of esters is 1. The van der Waals surface area contributed by atoms with Crippen molar-refractivity contribution in [3.05, 3.63) is 47.3 Å². The number of allylic oxidation sites excluding steroid dienone is 5. The van der Waals surface area contributed by atoms with Gasteiger partial charge in [-0.2, -0.15) is 0 Å². The summed E-state index contributed by atoms with van der Waals surface area (Å²) in [5.74, 6) is -5.08. The molecule has 2 fully saturated rings. The van der Waals surface area contributed by atoms with Gasteiger partial charge >= 0.3 is 5.97 Å². The molecule has 17 atom stereocenters. The molecule has 316 valence electrons. The molecule has 0 amide bonds. The second-order valence-electron chi connectivity index (χ2n) is 16.6. The molecule has 0 aromatic rings. The predicted molar refractivity (Wildman–Crippen MR) is 206 cm³/mol. The summed E-state index contributed by atoms with van der Waals surface area (Å²) in [4.78, 5) is 13.8. The summed E-state index contributed by atoms with van der Waals surface area (Å²) in [6, 6.07) is 0. The van der Waals surface area contributed by atoms with E-state index in [0.29, 0.717) is 12.0 Å². The zero-order chi connectivity index (χ0) is 41.5. The Hall–Kier alpha value is -2.17. The highest BCUT2D eigenvalue weighted by molar-refractivity contribution is 5.87. The van der Waals surface area contributed by atoms with Crippen LogP contribution in [-0.4, -0.2) is 126 Å². The highest BCUT2D eigenvalue weighted by Gasteiger charge is 2.54. The normalized spacial score (nSPS) is 43.8. The van der Waals surface area contributed by atoms with Gasteiger partial charge in [0.1, 0.15) is 30.5 Å². The van der Waals surface area contributed by atoms with Crippen LogP contribution < -0.4 is 0 Å². The molecule has 0 spiro atoms. The van der Waals surface area contributed by atoms with Crippen molar-refractivity contribution in [2.45, 2.75) is 155 Å². The molecule has 13 heteroatoms. The van der Waals surface area contributed by atoms with Crippen molar-refractivity contribution in [3.63, 3.8) is 0 Å². The van der Waals surface area contributed by atoms with E-state index in [1.54, 1.807) is 32.9 Å². The quantitative estimate of drug-likeness (QED) is 0.199. The van der Waals surface area contributed by atoms with Crippen LogP contribution in [0.2, 0.25) is 0 Å². The largest absolute Gasteiger partial charge is 0.490 e. The molecular formula is C42H70O13. The Morgan fingerprint density at radius 1 is 0.927 bits per heavy atom. The van der Waals surface area contributed by atoms with Gasteiger partial charge in [-0.1, -0.05) is 83.9 Å². The Bertz CT molecular complexity index is 1360. The van der Waals surface area contributed by atoms with Gasteiger partial charge in [-0.3, -0.25) is 0 Å². The molecule has 3 heterocycles. The summed E-state index contributed by atoms with van der Waals surface area (Å²) in [6.45, 7) is 18.6. The number of hydrogen-bond acceptors (Lipinski definition) is 13. The maximum atomic E-state index is 13.8. The first-order chi connectivity index (χ1) is 25.7. The van der Waals surface area contributed by atoms with E-state index in [2.05, 4.69) is 0 Å². The Balaban J connectivity index is 2.00. The maximum absolute atomic E-state index is 13.8. The summed E-state index contributed by atoms with van der Waals surface area (Å²) >= 11 is 0. The monoisotopic (exact) mass is 782 g/mol. The zero-order valence-electron chi connectivity index (χ0n) is 35.1. The predicted octanol–water partition coefficient (Wildman–Crippen LogP) is 4.20. The van der Waals surface area contributed by atoms with Crippen molar-refractivity contribution in [3.8, 4) is 0 Å². The number of ether oxygens (including phenoxy) is 7. The van der Waals surface area contributed by atoms with Crippen molar-refractivity contribution in [2.24, 2.45) is 35.5 Å². The molecule has 3 rings (SSSR count). The van der Waals surface area contributed by atoms with Gasteiger partial charge in [0, 0.05) is 44.3 Å². The topological polar surface area (TPSA) is 183 Å². The Kier molecular flexibility index (Phi) is 17.6. The van der Waals surface area contributed by atoms with Crippen LogP contribution in [-0.2, 0) is 38.0 Å². The molecule has 13 nitrogen and oxygen atoms in total. The number of aliphatic hydroxyl groups is 5. The highest BCUT2D eigenvalue weighted by atomic mass is 16.7. The van der Waals surface area contributed by atoms with Gasteiger partial charge in [0.25, 0.3) is 0 Å². The van der Waals surface area contributed by atoms with Gasteiger partial charge in [-0.15, -0.1) is 0 Å². The van der Waals surface area contributed by atoms with Crippen molar-refractivity contribution in [2.75, 3.05) is 21.3 Å².